The molecule has 28 heavy (non-hydrogen) atoms. The van der Waals surface area contributed by atoms with Gasteiger partial charge in [0.15, 0.2) is 0 Å². The Labute approximate surface area is 169 Å². The lowest BCUT2D eigenvalue weighted by Crippen LogP contribution is -2.48. The van der Waals surface area contributed by atoms with Crippen molar-refractivity contribution >= 4 is 23.2 Å². The summed E-state index contributed by atoms with van der Waals surface area (Å²) in [5, 5.41) is 14.1. The first-order valence-corrected chi connectivity index (χ1v) is 9.61. The molecule has 3 rings (SSSR count). The molecule has 0 spiro atoms. The van der Waals surface area contributed by atoms with Gasteiger partial charge in [0.25, 0.3) is 11.6 Å². The zero-order valence-electron chi connectivity index (χ0n) is 15.5. The molecule has 0 bridgehead atoms. The quantitative estimate of drug-likeness (QED) is 0.569. The fourth-order valence-electron chi connectivity index (χ4n) is 3.28. The Morgan fingerprint density at radius 2 is 1.75 bits per heavy atom. The molecule has 1 aliphatic rings. The molecule has 1 amide bonds. The zero-order chi connectivity index (χ0) is 19.9. The molecule has 2 aromatic rings. The normalized spacial score (nSPS) is 15.3. The molecule has 1 fully saturated rings. The second-order valence-corrected chi connectivity index (χ2v) is 7.21. The molecule has 0 aliphatic carbocycles. The summed E-state index contributed by atoms with van der Waals surface area (Å²) >= 11 is 5.88. The van der Waals surface area contributed by atoms with Crippen molar-refractivity contribution in [3.05, 3.63) is 74.8 Å². The monoisotopic (exact) mass is 402 g/mol. The molecule has 0 radical (unpaired) electrons. The second-order valence-electron chi connectivity index (χ2n) is 6.78. The lowest BCUT2D eigenvalue weighted by molar-refractivity contribution is -0.385. The summed E-state index contributed by atoms with van der Waals surface area (Å²) in [6.07, 6.45) is 0. The number of hydrogen-bond donors (Lipinski definition) is 1. The number of halogens is 1. The smallest absolute Gasteiger partial charge is 0.282 e. The van der Waals surface area contributed by atoms with Gasteiger partial charge in [-0.2, -0.15) is 0 Å². The summed E-state index contributed by atoms with van der Waals surface area (Å²) in [5.74, 6) is -0.475. The van der Waals surface area contributed by atoms with E-state index in [0.717, 1.165) is 32.7 Å². The van der Waals surface area contributed by atoms with E-state index in [-0.39, 0.29) is 11.3 Å². The van der Waals surface area contributed by atoms with Crippen molar-refractivity contribution in [2.24, 2.45) is 0 Å². The van der Waals surface area contributed by atoms with E-state index in [1.54, 1.807) is 0 Å². The Morgan fingerprint density at radius 1 is 1.07 bits per heavy atom. The molecule has 148 valence electrons. The predicted octanol–water partition coefficient (Wildman–Crippen LogP) is 2.80. The van der Waals surface area contributed by atoms with Crippen LogP contribution in [0.2, 0.25) is 5.02 Å². The third-order valence-corrected chi connectivity index (χ3v) is 5.06. The summed E-state index contributed by atoms with van der Waals surface area (Å²) < 4.78 is 0. The van der Waals surface area contributed by atoms with Crippen LogP contribution in [0.25, 0.3) is 0 Å². The first kappa shape index (κ1) is 20.3. The van der Waals surface area contributed by atoms with Gasteiger partial charge in [0, 0.05) is 56.9 Å². The molecular weight excluding hydrogens is 380 g/mol. The van der Waals surface area contributed by atoms with E-state index in [2.05, 4.69) is 39.4 Å². The maximum atomic E-state index is 12.3. The van der Waals surface area contributed by atoms with E-state index in [9.17, 15) is 14.9 Å². The Hall–Kier alpha value is -2.48. The number of nitrogens with zero attached hydrogens (tertiary/aromatic N) is 3. The Balaban J connectivity index is 1.43. The van der Waals surface area contributed by atoms with Gasteiger partial charge in [-0.25, -0.2) is 0 Å². The van der Waals surface area contributed by atoms with Crippen molar-refractivity contribution in [3.8, 4) is 0 Å². The van der Waals surface area contributed by atoms with Gasteiger partial charge in [0.2, 0.25) is 0 Å². The maximum Gasteiger partial charge on any atom is 0.282 e. The number of hydrogen-bond acceptors (Lipinski definition) is 5. The minimum absolute atomic E-state index is 0.00909. The van der Waals surface area contributed by atoms with E-state index >= 15 is 0 Å². The van der Waals surface area contributed by atoms with Crippen molar-refractivity contribution in [1.82, 2.24) is 15.1 Å². The maximum absolute atomic E-state index is 12.3. The molecule has 0 atom stereocenters. The average molecular weight is 403 g/mol. The van der Waals surface area contributed by atoms with Crippen LogP contribution in [-0.4, -0.2) is 59.9 Å². The Bertz CT molecular complexity index is 823. The fourth-order valence-corrected chi connectivity index (χ4v) is 3.46. The van der Waals surface area contributed by atoms with Crippen LogP contribution in [0.1, 0.15) is 15.9 Å². The highest BCUT2D eigenvalue weighted by molar-refractivity contribution is 6.31. The van der Waals surface area contributed by atoms with E-state index in [0.29, 0.717) is 18.1 Å². The van der Waals surface area contributed by atoms with Crippen LogP contribution in [0.4, 0.5) is 5.69 Å². The van der Waals surface area contributed by atoms with Crippen LogP contribution in [0.5, 0.6) is 0 Å². The largest absolute Gasteiger partial charge is 0.351 e. The van der Waals surface area contributed by atoms with E-state index in [1.807, 2.05) is 6.07 Å². The van der Waals surface area contributed by atoms with Gasteiger partial charge in [0.05, 0.1) is 4.92 Å². The highest BCUT2D eigenvalue weighted by Crippen LogP contribution is 2.22. The summed E-state index contributed by atoms with van der Waals surface area (Å²) in [5.41, 5.74) is 1.06. The van der Waals surface area contributed by atoms with Crippen LogP contribution < -0.4 is 5.32 Å². The molecule has 0 saturated carbocycles. The molecule has 1 N–H and O–H groups in total. The molecule has 0 unspecified atom stereocenters. The zero-order valence-corrected chi connectivity index (χ0v) is 16.3. The first-order valence-electron chi connectivity index (χ1n) is 9.24. The number of nitrogens with one attached hydrogen (secondary N) is 1. The number of nitro groups is 1. The topological polar surface area (TPSA) is 78.7 Å². The summed E-state index contributed by atoms with van der Waals surface area (Å²) in [4.78, 5) is 27.5. The lowest BCUT2D eigenvalue weighted by Gasteiger charge is -2.34. The Kier molecular flexibility index (Phi) is 6.97. The molecule has 1 saturated heterocycles. The Morgan fingerprint density at radius 3 is 2.43 bits per heavy atom. The number of benzene rings is 2. The molecule has 2 aromatic carbocycles. The predicted molar refractivity (Wildman–Crippen MR) is 109 cm³/mol. The number of nitro benzene ring substituents is 1. The molecule has 8 heteroatoms. The van der Waals surface area contributed by atoms with Gasteiger partial charge in [-0.15, -0.1) is 0 Å². The van der Waals surface area contributed by atoms with Crippen molar-refractivity contribution in [1.29, 1.82) is 0 Å². The van der Waals surface area contributed by atoms with Gasteiger partial charge in [-0.3, -0.25) is 24.7 Å². The van der Waals surface area contributed by atoms with Crippen LogP contribution in [-0.2, 0) is 6.54 Å². The summed E-state index contributed by atoms with van der Waals surface area (Å²) in [6.45, 7) is 5.90. The second kappa shape index (κ2) is 9.64. The van der Waals surface area contributed by atoms with Gasteiger partial charge >= 0.3 is 0 Å². The van der Waals surface area contributed by atoms with Crippen molar-refractivity contribution in [2.45, 2.75) is 6.54 Å². The highest BCUT2D eigenvalue weighted by atomic mass is 35.5. The fraction of sp³-hybridized carbons (Fsp3) is 0.350. The highest BCUT2D eigenvalue weighted by Gasteiger charge is 2.21. The molecule has 1 aliphatic heterocycles. The summed E-state index contributed by atoms with van der Waals surface area (Å²) in [7, 11) is 0. The van der Waals surface area contributed by atoms with Gasteiger partial charge in [-0.05, 0) is 17.7 Å². The van der Waals surface area contributed by atoms with Gasteiger partial charge < -0.3 is 5.32 Å². The van der Waals surface area contributed by atoms with E-state index in [1.165, 1.54) is 23.8 Å². The number of rotatable bonds is 7. The van der Waals surface area contributed by atoms with E-state index in [4.69, 9.17) is 11.6 Å². The molecular formula is C20H23ClN4O3. The van der Waals surface area contributed by atoms with Gasteiger partial charge in [0.1, 0.15) is 5.56 Å². The first-order chi connectivity index (χ1) is 13.5. The van der Waals surface area contributed by atoms with E-state index < -0.39 is 10.8 Å². The van der Waals surface area contributed by atoms with Crippen molar-refractivity contribution < 1.29 is 9.72 Å². The van der Waals surface area contributed by atoms with Crippen molar-refractivity contribution in [2.75, 3.05) is 39.3 Å². The SMILES string of the molecule is O=C(NCCN1CCN(Cc2ccccc2)CC1)c1cc(Cl)ccc1[N+](=O)[O-]. The minimum atomic E-state index is -0.572. The molecule has 0 aromatic heterocycles. The molecule has 1 heterocycles. The summed E-state index contributed by atoms with van der Waals surface area (Å²) in [6, 6.07) is 14.4. The minimum Gasteiger partial charge on any atom is -0.351 e. The van der Waals surface area contributed by atoms with Crippen LogP contribution in [0, 0.1) is 10.1 Å². The third kappa shape index (κ3) is 5.51. The number of piperazine rings is 1. The third-order valence-electron chi connectivity index (χ3n) is 4.83. The lowest BCUT2D eigenvalue weighted by atomic mass is 10.1. The number of amides is 1. The number of carbonyl (C=O) groups excluding carboxylic acids is 1. The standard InChI is InChI=1S/C20H23ClN4O3/c21-17-6-7-19(25(27)28)18(14-17)20(26)22-8-9-23-10-12-24(13-11-23)15-16-4-2-1-3-5-16/h1-7,14H,8-13,15H2,(H,22,26). The van der Waals surface area contributed by atoms with Crippen LogP contribution in [0.3, 0.4) is 0 Å². The van der Waals surface area contributed by atoms with Gasteiger partial charge in [-0.1, -0.05) is 41.9 Å². The van der Waals surface area contributed by atoms with Crippen LogP contribution >= 0.6 is 11.6 Å². The average Bonchev–Trinajstić information content (AvgIpc) is 2.69. The van der Waals surface area contributed by atoms with Crippen LogP contribution in [0.15, 0.2) is 48.5 Å². The van der Waals surface area contributed by atoms with Crippen molar-refractivity contribution in [3.63, 3.8) is 0 Å². The number of carbonyl (C=O) groups is 1. The molecule has 7 nitrogen and oxygen atoms in total.